The molecule has 8 heteroatoms. The third-order valence-corrected chi connectivity index (χ3v) is 9.24. The molecule has 5 atom stereocenters. The van der Waals surface area contributed by atoms with E-state index in [-0.39, 0.29) is 26.1 Å². The molecule has 5 rings (SSSR count). The van der Waals surface area contributed by atoms with Crippen molar-refractivity contribution in [2.45, 2.75) is 49.5 Å². The zero-order chi connectivity index (χ0) is 27.0. The Morgan fingerprint density at radius 1 is 0.821 bits per heavy atom. The molecule has 200 valence electrons. The molecule has 4 aromatic rings. The molecule has 1 heterocycles. The molecule has 1 saturated heterocycles. The van der Waals surface area contributed by atoms with Gasteiger partial charge in [-0.05, 0) is 0 Å². The maximum atomic E-state index is 9.52. The van der Waals surface area contributed by atoms with Crippen LogP contribution in [-0.2, 0) is 27.4 Å². The predicted octanol–water partition coefficient (Wildman–Crippen LogP) is 5.77. The molecular formula is C31H31N3O4Se. The number of benzene rings is 4. The molecule has 7 nitrogen and oxygen atoms in total. The minimum atomic E-state index is -0.536. The van der Waals surface area contributed by atoms with Crippen LogP contribution < -0.4 is 9.20 Å². The van der Waals surface area contributed by atoms with Crippen molar-refractivity contribution >= 4 is 30.2 Å². The van der Waals surface area contributed by atoms with Crippen molar-refractivity contribution in [3.05, 3.63) is 119 Å². The SMILES string of the molecule is COc1ccc(CO[C@@H]2[C@@H](N=[N+]=[N-])[C@@H]([Se]c3ccccc3)O[C@H](C)[C@@H]2OCc2ccc3ccccc3c2)cc1. The Bertz CT molecular complexity index is 1410. The average molecular weight is 589 g/mol. The molecule has 0 spiro atoms. The third-order valence-electron chi connectivity index (χ3n) is 6.79. The number of fused-ring (bicyclic) bond motifs is 1. The summed E-state index contributed by atoms with van der Waals surface area (Å²) in [6, 6.07) is 32.0. The number of rotatable bonds is 10. The molecule has 0 N–H and O–H groups in total. The fourth-order valence-corrected chi connectivity index (χ4v) is 7.19. The molecule has 0 saturated carbocycles. The zero-order valence-electron chi connectivity index (χ0n) is 21.9. The Kier molecular flexibility index (Phi) is 9.17. The van der Waals surface area contributed by atoms with Gasteiger partial charge in [0.2, 0.25) is 0 Å². The third kappa shape index (κ3) is 6.81. The van der Waals surface area contributed by atoms with Crippen molar-refractivity contribution in [1.29, 1.82) is 0 Å². The van der Waals surface area contributed by atoms with Gasteiger partial charge in [0.15, 0.2) is 0 Å². The molecule has 1 fully saturated rings. The summed E-state index contributed by atoms with van der Waals surface area (Å²) in [7, 11) is 1.64. The van der Waals surface area contributed by atoms with Gasteiger partial charge in [-0.25, -0.2) is 0 Å². The van der Waals surface area contributed by atoms with E-state index in [0.717, 1.165) is 22.3 Å². The van der Waals surface area contributed by atoms with Crippen LogP contribution in [0.25, 0.3) is 21.2 Å². The van der Waals surface area contributed by atoms with Crippen LogP contribution in [0.2, 0.25) is 0 Å². The topological polar surface area (TPSA) is 85.7 Å². The summed E-state index contributed by atoms with van der Waals surface area (Å²) in [4.78, 5) is 3.19. The zero-order valence-corrected chi connectivity index (χ0v) is 23.6. The van der Waals surface area contributed by atoms with Gasteiger partial charge in [0.05, 0.1) is 0 Å². The molecule has 0 aliphatic carbocycles. The molecule has 0 unspecified atom stereocenters. The Balaban J connectivity index is 1.39. The van der Waals surface area contributed by atoms with Crippen molar-refractivity contribution in [1.82, 2.24) is 0 Å². The molecular weight excluding hydrogens is 557 g/mol. The van der Waals surface area contributed by atoms with Crippen LogP contribution in [-0.4, -0.2) is 51.4 Å². The molecule has 4 aromatic carbocycles. The number of ether oxygens (including phenoxy) is 4. The molecule has 0 bridgehead atoms. The van der Waals surface area contributed by atoms with Crippen LogP contribution in [0.1, 0.15) is 18.1 Å². The van der Waals surface area contributed by atoms with Gasteiger partial charge in [-0.3, -0.25) is 0 Å². The summed E-state index contributed by atoms with van der Waals surface area (Å²) >= 11 is -0.0839. The monoisotopic (exact) mass is 589 g/mol. The fourth-order valence-electron chi connectivity index (χ4n) is 4.76. The van der Waals surface area contributed by atoms with Crippen LogP contribution in [0.15, 0.2) is 102 Å². The van der Waals surface area contributed by atoms with E-state index in [1.165, 1.54) is 9.85 Å². The van der Waals surface area contributed by atoms with Gasteiger partial charge in [0, 0.05) is 0 Å². The van der Waals surface area contributed by atoms with Crippen molar-refractivity contribution in [3.63, 3.8) is 0 Å². The summed E-state index contributed by atoms with van der Waals surface area (Å²) in [5.41, 5.74) is 11.6. The Morgan fingerprint density at radius 2 is 1.49 bits per heavy atom. The number of hydrogen-bond donors (Lipinski definition) is 0. The quantitative estimate of drug-likeness (QED) is 0.102. The number of azide groups is 1. The maximum absolute atomic E-state index is 9.52. The van der Waals surface area contributed by atoms with Crippen molar-refractivity contribution in [3.8, 4) is 5.75 Å². The van der Waals surface area contributed by atoms with E-state index in [9.17, 15) is 5.53 Å². The Hall–Kier alpha value is -3.35. The molecule has 0 aromatic heterocycles. The second-order valence-corrected chi connectivity index (χ2v) is 11.9. The summed E-state index contributed by atoms with van der Waals surface area (Å²) in [5, 5.41) is 6.27. The van der Waals surface area contributed by atoms with Gasteiger partial charge in [0.1, 0.15) is 0 Å². The number of hydrogen-bond acceptors (Lipinski definition) is 5. The molecule has 0 amide bonds. The summed E-state index contributed by atoms with van der Waals surface area (Å²) in [5.74, 6) is 0.785. The van der Waals surface area contributed by atoms with Gasteiger partial charge < -0.3 is 0 Å². The Morgan fingerprint density at radius 3 is 2.23 bits per heavy atom. The summed E-state index contributed by atoms with van der Waals surface area (Å²) in [6.45, 7) is 2.75. The summed E-state index contributed by atoms with van der Waals surface area (Å²) in [6.07, 6.45) is -1.16. The van der Waals surface area contributed by atoms with Crippen molar-refractivity contribution in [2.75, 3.05) is 7.11 Å². The van der Waals surface area contributed by atoms with E-state index < -0.39 is 18.2 Å². The van der Waals surface area contributed by atoms with E-state index in [2.05, 4.69) is 52.5 Å². The second kappa shape index (κ2) is 13.1. The Labute approximate surface area is 234 Å². The van der Waals surface area contributed by atoms with E-state index in [1.54, 1.807) is 7.11 Å². The van der Waals surface area contributed by atoms with Crippen LogP contribution in [0, 0.1) is 0 Å². The first-order valence-electron chi connectivity index (χ1n) is 12.9. The average Bonchev–Trinajstić information content (AvgIpc) is 2.97. The van der Waals surface area contributed by atoms with Crippen molar-refractivity contribution < 1.29 is 18.9 Å². The normalized spacial score (nSPS) is 22.8. The van der Waals surface area contributed by atoms with E-state index >= 15 is 0 Å². The van der Waals surface area contributed by atoms with Crippen LogP contribution in [0.4, 0.5) is 0 Å². The number of methoxy groups -OCH3 is 1. The fraction of sp³-hybridized carbons (Fsp3) is 0.290. The van der Waals surface area contributed by atoms with Gasteiger partial charge in [-0.2, -0.15) is 0 Å². The predicted molar refractivity (Wildman–Crippen MR) is 153 cm³/mol. The van der Waals surface area contributed by atoms with E-state index in [1.807, 2.05) is 61.5 Å². The van der Waals surface area contributed by atoms with Crippen LogP contribution >= 0.6 is 0 Å². The first-order chi connectivity index (χ1) is 19.1. The van der Waals surface area contributed by atoms with E-state index in [4.69, 9.17) is 18.9 Å². The molecule has 1 aliphatic heterocycles. The van der Waals surface area contributed by atoms with Crippen LogP contribution in [0.3, 0.4) is 0 Å². The standard InChI is InChI=1S/C31H31N3O4Se/c1-21-29(36-20-23-12-15-24-8-6-7-9-25(24)18-23)30(37-19-22-13-16-26(35-2)17-14-22)28(33-34-32)31(38-21)39-27-10-4-3-5-11-27/h3-18,21,28-31H,19-20H2,1-2H3/t21-,28-,29+,30-,31-/m1/s1. The first-order valence-corrected chi connectivity index (χ1v) is 14.7. The minimum absolute atomic E-state index is 0.0839. The van der Waals surface area contributed by atoms with Crippen molar-refractivity contribution in [2.24, 2.45) is 5.11 Å². The molecule has 1 aliphatic rings. The molecule has 39 heavy (non-hydrogen) atoms. The number of nitrogens with zero attached hydrogens (tertiary/aromatic N) is 3. The summed E-state index contributed by atoms with van der Waals surface area (Å²) < 4.78 is 25.9. The van der Waals surface area contributed by atoms with Gasteiger partial charge >= 0.3 is 235 Å². The first kappa shape index (κ1) is 27.2. The van der Waals surface area contributed by atoms with Crippen LogP contribution in [0.5, 0.6) is 5.75 Å². The van der Waals surface area contributed by atoms with Gasteiger partial charge in [0.25, 0.3) is 0 Å². The van der Waals surface area contributed by atoms with Gasteiger partial charge in [-0.15, -0.1) is 0 Å². The van der Waals surface area contributed by atoms with E-state index in [0.29, 0.717) is 13.2 Å². The molecule has 0 radical (unpaired) electrons. The van der Waals surface area contributed by atoms with Gasteiger partial charge in [-0.1, -0.05) is 0 Å². The second-order valence-electron chi connectivity index (χ2n) is 9.42.